The first-order valence-electron chi connectivity index (χ1n) is 8.08. The fourth-order valence-electron chi connectivity index (χ4n) is 2.63. The van der Waals surface area contributed by atoms with E-state index in [0.717, 1.165) is 4.90 Å². The van der Waals surface area contributed by atoms with Crippen molar-refractivity contribution in [2.75, 3.05) is 11.6 Å². The lowest BCUT2D eigenvalue weighted by molar-refractivity contribution is 0.102. The molecule has 7 heteroatoms. The summed E-state index contributed by atoms with van der Waals surface area (Å²) in [7, 11) is 0. The maximum absolute atomic E-state index is 14.0. The van der Waals surface area contributed by atoms with Gasteiger partial charge in [0.1, 0.15) is 11.4 Å². The standard InChI is InChI=1S/C20H16ClFN2O2S/c1-27-18-10-3-2-9-17(18)23-19(25)13-6-5-11-24(20(13)26)12-14-15(21)7-4-8-16(14)22/h2-11H,12H2,1H3,(H,23,25). The minimum Gasteiger partial charge on any atom is -0.321 e. The van der Waals surface area contributed by atoms with Crippen LogP contribution in [0.15, 0.2) is 70.5 Å². The van der Waals surface area contributed by atoms with E-state index in [1.807, 2.05) is 18.4 Å². The zero-order chi connectivity index (χ0) is 19.4. The van der Waals surface area contributed by atoms with Crippen LogP contribution in [0.5, 0.6) is 0 Å². The molecule has 0 saturated heterocycles. The Bertz CT molecular complexity index is 1030. The fraction of sp³-hybridized carbons (Fsp3) is 0.100. The molecule has 1 amide bonds. The molecule has 0 aliphatic heterocycles. The monoisotopic (exact) mass is 402 g/mol. The predicted molar refractivity (Wildman–Crippen MR) is 107 cm³/mol. The molecule has 4 nitrogen and oxygen atoms in total. The van der Waals surface area contributed by atoms with Gasteiger partial charge in [-0.2, -0.15) is 0 Å². The van der Waals surface area contributed by atoms with E-state index in [9.17, 15) is 14.0 Å². The van der Waals surface area contributed by atoms with Crippen LogP contribution in [0.3, 0.4) is 0 Å². The zero-order valence-corrected chi connectivity index (χ0v) is 16.0. The van der Waals surface area contributed by atoms with Crippen molar-refractivity contribution < 1.29 is 9.18 Å². The Morgan fingerprint density at radius 1 is 1.15 bits per heavy atom. The minimum absolute atomic E-state index is 0.0270. The first kappa shape index (κ1) is 19.2. The van der Waals surface area contributed by atoms with Crippen molar-refractivity contribution >= 4 is 35.0 Å². The highest BCUT2D eigenvalue weighted by atomic mass is 35.5. The third kappa shape index (κ3) is 4.23. The normalized spacial score (nSPS) is 10.6. The number of hydrogen-bond acceptors (Lipinski definition) is 3. The number of para-hydroxylation sites is 1. The molecular formula is C20H16ClFN2O2S. The summed E-state index contributed by atoms with van der Waals surface area (Å²) in [5.41, 5.74) is 0.283. The van der Waals surface area contributed by atoms with Crippen molar-refractivity contribution in [1.29, 1.82) is 0 Å². The maximum atomic E-state index is 14.0. The molecule has 0 spiro atoms. The Morgan fingerprint density at radius 2 is 1.93 bits per heavy atom. The van der Waals surface area contributed by atoms with Gasteiger partial charge in [-0.25, -0.2) is 4.39 Å². The summed E-state index contributed by atoms with van der Waals surface area (Å²) in [6.45, 7) is -0.0626. The van der Waals surface area contributed by atoms with E-state index in [0.29, 0.717) is 5.69 Å². The van der Waals surface area contributed by atoms with Crippen LogP contribution in [-0.2, 0) is 6.54 Å². The minimum atomic E-state index is -0.518. The summed E-state index contributed by atoms with van der Waals surface area (Å²) in [6.07, 6.45) is 3.40. The van der Waals surface area contributed by atoms with Crippen LogP contribution in [0, 0.1) is 5.82 Å². The molecule has 0 unspecified atom stereocenters. The van der Waals surface area contributed by atoms with Crippen molar-refractivity contribution in [1.82, 2.24) is 4.57 Å². The van der Waals surface area contributed by atoms with E-state index in [-0.39, 0.29) is 22.7 Å². The number of amides is 1. The number of nitrogens with zero attached hydrogens (tertiary/aromatic N) is 1. The van der Waals surface area contributed by atoms with Crippen molar-refractivity contribution in [3.63, 3.8) is 0 Å². The van der Waals surface area contributed by atoms with Crippen LogP contribution >= 0.6 is 23.4 Å². The van der Waals surface area contributed by atoms with Gasteiger partial charge in [-0.3, -0.25) is 9.59 Å². The molecule has 0 aliphatic rings. The highest BCUT2D eigenvalue weighted by molar-refractivity contribution is 7.98. The molecule has 0 fully saturated rings. The van der Waals surface area contributed by atoms with Crippen LogP contribution in [-0.4, -0.2) is 16.7 Å². The summed E-state index contributed by atoms with van der Waals surface area (Å²) in [4.78, 5) is 26.2. The Morgan fingerprint density at radius 3 is 2.67 bits per heavy atom. The lowest BCUT2D eigenvalue weighted by Gasteiger charge is -2.12. The van der Waals surface area contributed by atoms with Crippen molar-refractivity contribution in [3.8, 4) is 0 Å². The molecular weight excluding hydrogens is 387 g/mol. The second kappa shape index (κ2) is 8.41. The van der Waals surface area contributed by atoms with E-state index in [4.69, 9.17) is 11.6 Å². The van der Waals surface area contributed by atoms with Gasteiger partial charge in [0.15, 0.2) is 0 Å². The lowest BCUT2D eigenvalue weighted by Crippen LogP contribution is -2.29. The smallest absolute Gasteiger partial charge is 0.263 e. The molecule has 3 aromatic rings. The number of carbonyl (C=O) groups is 1. The molecule has 3 rings (SSSR count). The molecule has 0 atom stereocenters. The van der Waals surface area contributed by atoms with Crippen LogP contribution in [0.25, 0.3) is 0 Å². The van der Waals surface area contributed by atoms with Gasteiger partial charge in [0.05, 0.1) is 12.2 Å². The Hall–Kier alpha value is -2.57. The highest BCUT2D eigenvalue weighted by Gasteiger charge is 2.15. The number of rotatable bonds is 5. The largest absolute Gasteiger partial charge is 0.321 e. The molecule has 2 aromatic carbocycles. The maximum Gasteiger partial charge on any atom is 0.263 e. The van der Waals surface area contributed by atoms with Gasteiger partial charge < -0.3 is 9.88 Å². The molecule has 1 heterocycles. The number of benzene rings is 2. The van der Waals surface area contributed by atoms with Gasteiger partial charge in [0.2, 0.25) is 0 Å². The topological polar surface area (TPSA) is 51.1 Å². The Labute approximate surface area is 165 Å². The second-order valence-corrected chi connectivity index (χ2v) is 6.96. The number of anilines is 1. The van der Waals surface area contributed by atoms with Crippen molar-refractivity contribution in [2.45, 2.75) is 11.4 Å². The van der Waals surface area contributed by atoms with E-state index in [2.05, 4.69) is 5.32 Å². The third-order valence-corrected chi connectivity index (χ3v) is 5.16. The number of nitrogens with one attached hydrogen (secondary N) is 1. The molecule has 138 valence electrons. The van der Waals surface area contributed by atoms with Gasteiger partial charge in [-0.05, 0) is 42.7 Å². The van der Waals surface area contributed by atoms with Gasteiger partial charge in [0.25, 0.3) is 11.5 Å². The number of halogens is 2. The number of pyridine rings is 1. The summed E-state index contributed by atoms with van der Waals surface area (Å²) in [5.74, 6) is -1.02. The van der Waals surface area contributed by atoms with E-state index in [1.165, 1.54) is 40.7 Å². The van der Waals surface area contributed by atoms with Crippen LogP contribution in [0.4, 0.5) is 10.1 Å². The number of hydrogen-bond donors (Lipinski definition) is 1. The quantitative estimate of drug-likeness (QED) is 0.631. The average molecular weight is 403 g/mol. The molecule has 0 aliphatic carbocycles. The molecule has 1 N–H and O–H groups in total. The third-order valence-electron chi connectivity index (χ3n) is 4.01. The highest BCUT2D eigenvalue weighted by Crippen LogP contribution is 2.25. The van der Waals surface area contributed by atoms with Gasteiger partial charge >= 0.3 is 0 Å². The molecule has 0 saturated carbocycles. The van der Waals surface area contributed by atoms with Gasteiger partial charge in [-0.15, -0.1) is 11.8 Å². The van der Waals surface area contributed by atoms with E-state index >= 15 is 0 Å². The first-order valence-corrected chi connectivity index (χ1v) is 9.68. The number of aromatic nitrogens is 1. The molecule has 0 radical (unpaired) electrons. The van der Waals surface area contributed by atoms with Gasteiger partial charge in [-0.1, -0.05) is 29.8 Å². The lowest BCUT2D eigenvalue weighted by atomic mass is 10.2. The summed E-state index contributed by atoms with van der Waals surface area (Å²) in [5, 5.41) is 2.99. The van der Waals surface area contributed by atoms with Crippen LogP contribution in [0.2, 0.25) is 5.02 Å². The number of thioether (sulfide) groups is 1. The van der Waals surface area contributed by atoms with E-state index < -0.39 is 17.3 Å². The molecule has 27 heavy (non-hydrogen) atoms. The zero-order valence-electron chi connectivity index (χ0n) is 14.4. The SMILES string of the molecule is CSc1ccccc1NC(=O)c1cccn(Cc2c(F)cccc2Cl)c1=O. The van der Waals surface area contributed by atoms with Crippen LogP contribution < -0.4 is 10.9 Å². The first-order chi connectivity index (χ1) is 13.0. The van der Waals surface area contributed by atoms with Crippen molar-refractivity contribution in [3.05, 3.63) is 93.1 Å². The summed E-state index contributed by atoms with van der Waals surface area (Å²) in [6, 6.07) is 14.7. The number of carbonyl (C=O) groups excluding carboxylic acids is 1. The Balaban J connectivity index is 1.91. The average Bonchev–Trinajstić information content (AvgIpc) is 2.66. The molecule has 0 bridgehead atoms. The fourth-order valence-corrected chi connectivity index (χ4v) is 3.40. The Kier molecular flexibility index (Phi) is 5.98. The van der Waals surface area contributed by atoms with Gasteiger partial charge in [0, 0.05) is 21.7 Å². The second-order valence-electron chi connectivity index (χ2n) is 5.71. The summed E-state index contributed by atoms with van der Waals surface area (Å²) >= 11 is 7.53. The van der Waals surface area contributed by atoms with Crippen LogP contribution in [0.1, 0.15) is 15.9 Å². The predicted octanol–water partition coefficient (Wildman–Crippen LogP) is 4.66. The summed E-state index contributed by atoms with van der Waals surface area (Å²) < 4.78 is 15.3. The van der Waals surface area contributed by atoms with Crippen molar-refractivity contribution in [2.24, 2.45) is 0 Å². The van der Waals surface area contributed by atoms with E-state index in [1.54, 1.807) is 24.3 Å². The molecule has 1 aromatic heterocycles.